The van der Waals surface area contributed by atoms with Gasteiger partial charge in [0.05, 0.1) is 35.5 Å². The van der Waals surface area contributed by atoms with Crippen LogP contribution in [0.4, 0.5) is 31.8 Å². The number of nitrogens with one attached hydrogen (secondary N) is 2. The highest BCUT2D eigenvalue weighted by molar-refractivity contribution is 6.11. The average Bonchev–Trinajstić information content (AvgIpc) is 3.34. The van der Waals surface area contributed by atoms with Gasteiger partial charge < -0.3 is 31.9 Å². The van der Waals surface area contributed by atoms with Gasteiger partial charge in [0.15, 0.2) is 0 Å². The predicted molar refractivity (Wildman–Crippen MR) is 271 cm³/mol. The number of hydrogen-bond donors (Lipinski definition) is 4. The number of hydrogen-bond acceptors (Lipinski definition) is 14. The molecule has 0 saturated carbocycles. The van der Waals surface area contributed by atoms with Gasteiger partial charge in [-0.25, -0.2) is 28.7 Å². The molecule has 0 aliphatic heterocycles. The molecule has 8 rings (SSSR count). The molecule has 14 nitrogen and oxygen atoms in total. The quantitative estimate of drug-likeness (QED) is 0.0601. The number of nitrogens with zero attached hydrogens (tertiary/aromatic N) is 10. The van der Waals surface area contributed by atoms with E-state index < -0.39 is 0 Å². The minimum atomic E-state index is -0.373. The van der Waals surface area contributed by atoms with Crippen molar-refractivity contribution in [3.63, 3.8) is 0 Å². The van der Waals surface area contributed by atoms with E-state index in [1.54, 1.807) is 55.2 Å². The van der Waals surface area contributed by atoms with E-state index >= 15 is 4.39 Å². The molecule has 342 valence electrons. The van der Waals surface area contributed by atoms with Crippen LogP contribution in [0.15, 0.2) is 151 Å². The number of nitrogens with two attached hydrogens (primary N) is 2. The van der Waals surface area contributed by atoms with Crippen LogP contribution in [0.3, 0.4) is 0 Å². The number of allylic oxidation sites excluding steroid dienone is 2. The second-order valence-corrected chi connectivity index (χ2v) is 16.2. The highest BCUT2D eigenvalue weighted by Gasteiger charge is 2.13. The fraction of sp³-hybridized carbons (Fsp3) is 0.154. The van der Waals surface area contributed by atoms with Gasteiger partial charge in [-0.2, -0.15) is 0 Å². The molecule has 68 heavy (non-hydrogen) atoms. The van der Waals surface area contributed by atoms with E-state index in [0.717, 1.165) is 67.4 Å². The van der Waals surface area contributed by atoms with Gasteiger partial charge in [0.25, 0.3) is 0 Å². The van der Waals surface area contributed by atoms with E-state index in [4.69, 9.17) is 11.5 Å². The maximum atomic E-state index is 15.7. The van der Waals surface area contributed by atoms with E-state index in [1.165, 1.54) is 37.2 Å². The Bertz CT molecular complexity index is 3170. The first-order valence-electron chi connectivity index (χ1n) is 21.8. The Morgan fingerprint density at radius 1 is 0.603 bits per heavy atom. The molecule has 6 N–H and O–H groups in total. The number of likely N-dealkylation sites (N-methyl/N-ethyl adjacent to an activating group) is 2. The van der Waals surface area contributed by atoms with Crippen LogP contribution in [0.2, 0.25) is 0 Å². The third-order valence-electron chi connectivity index (χ3n) is 11.0. The van der Waals surface area contributed by atoms with Gasteiger partial charge >= 0.3 is 0 Å². The largest absolute Gasteiger partial charge is 0.404 e. The average molecular weight is 909 g/mol. The first-order chi connectivity index (χ1) is 33.1. The number of aliphatic imine (C=N–C) groups is 2. The lowest BCUT2D eigenvalue weighted by atomic mass is 10.1. The zero-order chi connectivity index (χ0) is 47.4. The van der Waals surface area contributed by atoms with Gasteiger partial charge in [-0.3, -0.25) is 20.0 Å². The molecule has 0 bridgehead atoms. The van der Waals surface area contributed by atoms with Crippen molar-refractivity contribution in [3.05, 3.63) is 169 Å². The molecule has 0 saturated heterocycles. The van der Waals surface area contributed by atoms with Crippen molar-refractivity contribution in [1.82, 2.24) is 39.7 Å². The van der Waals surface area contributed by atoms with Crippen molar-refractivity contribution >= 4 is 68.4 Å². The van der Waals surface area contributed by atoms with E-state index in [-0.39, 0.29) is 11.6 Å². The first-order valence-corrected chi connectivity index (χ1v) is 21.8. The van der Waals surface area contributed by atoms with Crippen LogP contribution in [0.5, 0.6) is 0 Å². The molecule has 0 unspecified atom stereocenters. The monoisotopic (exact) mass is 908 g/mol. The third-order valence-corrected chi connectivity index (χ3v) is 11.0. The summed E-state index contributed by atoms with van der Waals surface area (Å²) in [5, 5.41) is 8.36. The minimum absolute atomic E-state index is 0.304. The maximum Gasteiger partial charge on any atom is 0.141 e. The Hall–Kier alpha value is -8.34. The van der Waals surface area contributed by atoms with Crippen LogP contribution in [-0.4, -0.2) is 99.5 Å². The van der Waals surface area contributed by atoms with Crippen LogP contribution in [-0.2, 0) is 6.54 Å². The summed E-state index contributed by atoms with van der Waals surface area (Å²) in [5.41, 5.74) is 21.4. The van der Waals surface area contributed by atoms with Gasteiger partial charge in [0, 0.05) is 101 Å². The van der Waals surface area contributed by atoms with E-state index in [0.29, 0.717) is 60.5 Å². The molecule has 4 heterocycles. The van der Waals surface area contributed by atoms with Gasteiger partial charge in [-0.05, 0) is 123 Å². The Morgan fingerprint density at radius 2 is 1.16 bits per heavy atom. The lowest BCUT2D eigenvalue weighted by molar-refractivity contribution is 0.336. The SMILES string of the molecule is CN(C)CCN=CC(=CN)c1ccc2c(Nc3ccnc(-c4ccc(CN(C)CCN=CC(=CN)c5ccc6c(Nc7ccnc(-c8ccc(F)cc8)c7)ncnc6c5)cc4F)c3)ncnc2c1. The standard InChI is InChI=1S/C52H50F2N14/c1-67(2)20-18-57-29-38(27-55)36-7-13-45-49(23-36)62-33-64-52(45)66-42-15-17-60-50(26-42)43-11-4-34(22-46(43)54)31-68(3)21-19-58-30-39(28-56)37-8-12-44-48(24-37)61-32-63-51(44)65-41-14-16-59-47(25-41)35-5-9-40(53)10-6-35/h4-17,22-30,32-33H,18-21,31,55-56H2,1-3H3,(H,59,61,63,65)(H,60,62,64,66). The molecule has 8 aromatic rings. The molecule has 0 fully saturated rings. The fourth-order valence-corrected chi connectivity index (χ4v) is 7.38. The Balaban J connectivity index is 0.858. The molecular formula is C52H50F2N14. The normalized spacial score (nSPS) is 12.3. The summed E-state index contributed by atoms with van der Waals surface area (Å²) in [6.45, 7) is 3.14. The van der Waals surface area contributed by atoms with E-state index in [9.17, 15) is 4.39 Å². The molecule has 0 radical (unpaired) electrons. The molecule has 0 aliphatic carbocycles. The van der Waals surface area contributed by atoms with Crippen LogP contribution in [0.25, 0.3) is 55.5 Å². The van der Waals surface area contributed by atoms with E-state index in [2.05, 4.69) is 60.3 Å². The highest BCUT2D eigenvalue weighted by Crippen LogP contribution is 2.30. The summed E-state index contributed by atoms with van der Waals surface area (Å²) >= 11 is 0. The summed E-state index contributed by atoms with van der Waals surface area (Å²) in [6, 6.07) is 30.4. The third kappa shape index (κ3) is 11.5. The zero-order valence-electron chi connectivity index (χ0n) is 37.9. The zero-order valence-corrected chi connectivity index (χ0v) is 37.9. The van der Waals surface area contributed by atoms with Gasteiger partial charge in [0.1, 0.15) is 35.9 Å². The van der Waals surface area contributed by atoms with Crippen LogP contribution in [0, 0.1) is 11.6 Å². The highest BCUT2D eigenvalue weighted by atomic mass is 19.1. The van der Waals surface area contributed by atoms with Gasteiger partial charge in [0.2, 0.25) is 0 Å². The number of fused-ring (bicyclic) bond motifs is 2. The van der Waals surface area contributed by atoms with Crippen molar-refractivity contribution in [1.29, 1.82) is 0 Å². The number of rotatable bonds is 18. The lowest BCUT2D eigenvalue weighted by Crippen LogP contribution is -2.21. The molecule has 4 aromatic carbocycles. The number of aromatic nitrogens is 6. The summed E-state index contributed by atoms with van der Waals surface area (Å²) in [6.07, 6.45) is 12.9. The van der Waals surface area contributed by atoms with Crippen molar-refractivity contribution in [2.45, 2.75) is 6.54 Å². The molecule has 0 aliphatic rings. The lowest BCUT2D eigenvalue weighted by Gasteiger charge is -2.16. The number of anilines is 4. The Morgan fingerprint density at radius 3 is 1.72 bits per heavy atom. The molecule has 0 amide bonds. The Kier molecular flexibility index (Phi) is 14.8. The summed E-state index contributed by atoms with van der Waals surface area (Å²) in [7, 11) is 5.98. The molecule has 0 spiro atoms. The molecule has 4 aromatic heterocycles. The number of halogens is 2. The van der Waals surface area contributed by atoms with Crippen LogP contribution < -0.4 is 22.1 Å². The summed E-state index contributed by atoms with van der Waals surface area (Å²) in [5.74, 6) is 0.547. The predicted octanol–water partition coefficient (Wildman–Crippen LogP) is 8.90. The second kappa shape index (κ2) is 21.8. The minimum Gasteiger partial charge on any atom is -0.404 e. The van der Waals surface area contributed by atoms with Crippen molar-refractivity contribution in [2.24, 2.45) is 21.5 Å². The second-order valence-electron chi connectivity index (χ2n) is 16.2. The summed E-state index contributed by atoms with van der Waals surface area (Å²) in [4.78, 5) is 40.2. The molecule has 16 heteroatoms. The van der Waals surface area contributed by atoms with Crippen LogP contribution in [0.1, 0.15) is 16.7 Å². The fourth-order valence-electron chi connectivity index (χ4n) is 7.38. The van der Waals surface area contributed by atoms with Gasteiger partial charge in [-0.1, -0.05) is 18.2 Å². The maximum absolute atomic E-state index is 15.7. The topological polar surface area (TPSA) is 185 Å². The van der Waals surface area contributed by atoms with Crippen molar-refractivity contribution in [3.8, 4) is 22.5 Å². The molecular weight excluding hydrogens is 859 g/mol. The number of pyridine rings is 2. The first kappa shape index (κ1) is 46.2. The summed E-state index contributed by atoms with van der Waals surface area (Å²) < 4.78 is 29.2. The van der Waals surface area contributed by atoms with Crippen molar-refractivity contribution < 1.29 is 8.78 Å². The van der Waals surface area contributed by atoms with Crippen LogP contribution >= 0.6 is 0 Å². The van der Waals surface area contributed by atoms with Crippen molar-refractivity contribution in [2.75, 3.05) is 58.0 Å². The van der Waals surface area contributed by atoms with Gasteiger partial charge in [-0.15, -0.1) is 0 Å². The van der Waals surface area contributed by atoms with E-state index in [1.807, 2.05) is 81.8 Å². The number of benzene rings is 4. The molecule has 0 atom stereocenters. The smallest absolute Gasteiger partial charge is 0.141 e. The Labute approximate surface area is 393 Å².